The summed E-state index contributed by atoms with van der Waals surface area (Å²) in [7, 11) is -3.29. The Morgan fingerprint density at radius 3 is 2.57 bits per heavy atom. The van der Waals surface area contributed by atoms with Gasteiger partial charge in [0.15, 0.2) is 9.84 Å². The van der Waals surface area contributed by atoms with Crippen LogP contribution >= 0.6 is 0 Å². The topological polar surface area (TPSA) is 63.2 Å². The SMILES string of the molecule is CCCC[C@@H](CC)CNC(=O)c1cccc(S(C)(=O)=O)c1. The van der Waals surface area contributed by atoms with Crippen LogP contribution in [0.3, 0.4) is 0 Å². The van der Waals surface area contributed by atoms with Crippen LogP contribution in [0.2, 0.25) is 0 Å². The van der Waals surface area contributed by atoms with Gasteiger partial charge in [-0.15, -0.1) is 0 Å². The number of hydrogen-bond donors (Lipinski definition) is 1. The Labute approximate surface area is 127 Å². The van der Waals surface area contributed by atoms with Crippen molar-refractivity contribution in [1.82, 2.24) is 5.32 Å². The fraction of sp³-hybridized carbons (Fsp3) is 0.562. The number of nitrogens with one attached hydrogen (secondary N) is 1. The average Bonchev–Trinajstić information content (AvgIpc) is 2.46. The largest absolute Gasteiger partial charge is 0.352 e. The first-order valence-electron chi connectivity index (χ1n) is 7.46. The monoisotopic (exact) mass is 311 g/mol. The Kier molecular flexibility index (Phi) is 6.89. The molecule has 5 heteroatoms. The first kappa shape index (κ1) is 17.7. The summed E-state index contributed by atoms with van der Waals surface area (Å²) in [4.78, 5) is 12.3. The van der Waals surface area contributed by atoms with Gasteiger partial charge in [0, 0.05) is 18.4 Å². The van der Waals surface area contributed by atoms with Crippen LogP contribution in [0.1, 0.15) is 49.9 Å². The van der Waals surface area contributed by atoms with Crippen LogP contribution in [-0.2, 0) is 9.84 Å². The van der Waals surface area contributed by atoms with E-state index in [-0.39, 0.29) is 10.8 Å². The van der Waals surface area contributed by atoms with E-state index in [1.165, 1.54) is 12.1 Å². The fourth-order valence-electron chi connectivity index (χ4n) is 2.15. The van der Waals surface area contributed by atoms with Gasteiger partial charge in [0.2, 0.25) is 0 Å². The van der Waals surface area contributed by atoms with Gasteiger partial charge in [0.25, 0.3) is 5.91 Å². The van der Waals surface area contributed by atoms with Crippen molar-refractivity contribution in [1.29, 1.82) is 0 Å². The lowest BCUT2D eigenvalue weighted by molar-refractivity contribution is 0.0945. The van der Waals surface area contributed by atoms with Crippen LogP contribution in [0.25, 0.3) is 0 Å². The highest BCUT2D eigenvalue weighted by Crippen LogP contribution is 2.13. The molecule has 0 aliphatic heterocycles. The lowest BCUT2D eigenvalue weighted by Gasteiger charge is -2.15. The van der Waals surface area contributed by atoms with E-state index in [0.29, 0.717) is 18.0 Å². The molecular formula is C16H25NO3S. The second-order valence-electron chi connectivity index (χ2n) is 5.43. The molecule has 1 N–H and O–H groups in total. The summed E-state index contributed by atoms with van der Waals surface area (Å²) in [6, 6.07) is 6.16. The van der Waals surface area contributed by atoms with Crippen LogP contribution < -0.4 is 5.32 Å². The number of amides is 1. The molecule has 0 aromatic heterocycles. The highest BCUT2D eigenvalue weighted by atomic mass is 32.2. The molecule has 0 fully saturated rings. The van der Waals surface area contributed by atoms with Crippen LogP contribution in [0.4, 0.5) is 0 Å². The molecule has 1 amide bonds. The van der Waals surface area contributed by atoms with E-state index in [1.54, 1.807) is 12.1 Å². The normalized spacial score (nSPS) is 12.9. The lowest BCUT2D eigenvalue weighted by Crippen LogP contribution is -2.29. The summed E-state index contributed by atoms with van der Waals surface area (Å²) < 4.78 is 23.0. The minimum atomic E-state index is -3.29. The molecule has 1 rings (SSSR count). The molecule has 0 aliphatic rings. The molecule has 0 spiro atoms. The molecule has 1 atom stereocenters. The molecule has 0 unspecified atom stereocenters. The lowest BCUT2D eigenvalue weighted by atomic mass is 9.99. The second-order valence-corrected chi connectivity index (χ2v) is 7.44. The Bertz CT molecular complexity index is 567. The summed E-state index contributed by atoms with van der Waals surface area (Å²) in [6.07, 6.45) is 5.60. The van der Waals surface area contributed by atoms with Gasteiger partial charge in [-0.05, 0) is 30.5 Å². The minimum Gasteiger partial charge on any atom is -0.352 e. The van der Waals surface area contributed by atoms with E-state index in [2.05, 4.69) is 19.2 Å². The van der Waals surface area contributed by atoms with Gasteiger partial charge in [0.1, 0.15) is 0 Å². The Balaban J connectivity index is 2.67. The zero-order valence-electron chi connectivity index (χ0n) is 13.1. The van der Waals surface area contributed by atoms with Gasteiger partial charge in [-0.1, -0.05) is 39.2 Å². The zero-order valence-corrected chi connectivity index (χ0v) is 13.9. The number of hydrogen-bond acceptors (Lipinski definition) is 3. The maximum absolute atomic E-state index is 12.1. The number of carbonyl (C=O) groups is 1. The number of unbranched alkanes of at least 4 members (excludes halogenated alkanes) is 1. The molecule has 118 valence electrons. The molecular weight excluding hydrogens is 286 g/mol. The van der Waals surface area contributed by atoms with Crippen molar-refractivity contribution < 1.29 is 13.2 Å². The first-order valence-corrected chi connectivity index (χ1v) is 9.36. The van der Waals surface area contributed by atoms with Gasteiger partial charge >= 0.3 is 0 Å². The van der Waals surface area contributed by atoms with Crippen molar-refractivity contribution in [3.05, 3.63) is 29.8 Å². The molecule has 1 aromatic carbocycles. The second kappa shape index (κ2) is 8.17. The number of sulfone groups is 1. The summed E-state index contributed by atoms with van der Waals surface area (Å²) >= 11 is 0. The zero-order chi connectivity index (χ0) is 15.9. The third-order valence-corrected chi connectivity index (χ3v) is 4.73. The molecule has 4 nitrogen and oxygen atoms in total. The van der Waals surface area contributed by atoms with Crippen molar-refractivity contribution in [3.63, 3.8) is 0 Å². The van der Waals surface area contributed by atoms with Gasteiger partial charge < -0.3 is 5.32 Å². The summed E-state index contributed by atoms with van der Waals surface area (Å²) in [5.41, 5.74) is 0.392. The highest BCUT2D eigenvalue weighted by Gasteiger charge is 2.13. The first-order chi connectivity index (χ1) is 9.88. The Morgan fingerprint density at radius 1 is 1.29 bits per heavy atom. The predicted octanol–water partition coefficient (Wildman–Crippen LogP) is 3.04. The van der Waals surface area contributed by atoms with Crippen LogP contribution in [-0.4, -0.2) is 27.1 Å². The van der Waals surface area contributed by atoms with Gasteiger partial charge in [-0.2, -0.15) is 0 Å². The van der Waals surface area contributed by atoms with Gasteiger partial charge in [-0.25, -0.2) is 8.42 Å². The quantitative estimate of drug-likeness (QED) is 0.802. The molecule has 1 aromatic rings. The molecule has 0 aliphatic carbocycles. The Morgan fingerprint density at radius 2 is 2.00 bits per heavy atom. The van der Waals surface area contributed by atoms with Crippen molar-refractivity contribution in [2.24, 2.45) is 5.92 Å². The van der Waals surface area contributed by atoms with Gasteiger partial charge in [0.05, 0.1) is 4.90 Å². The maximum Gasteiger partial charge on any atom is 0.251 e. The van der Waals surface area contributed by atoms with Crippen molar-refractivity contribution in [2.75, 3.05) is 12.8 Å². The van der Waals surface area contributed by atoms with Crippen LogP contribution in [0.5, 0.6) is 0 Å². The molecule has 0 radical (unpaired) electrons. The van der Waals surface area contributed by atoms with E-state index in [4.69, 9.17) is 0 Å². The third kappa shape index (κ3) is 5.87. The van der Waals surface area contributed by atoms with Crippen molar-refractivity contribution in [2.45, 2.75) is 44.4 Å². The minimum absolute atomic E-state index is 0.174. The summed E-state index contributed by atoms with van der Waals surface area (Å²) in [5, 5.41) is 2.90. The predicted molar refractivity (Wildman–Crippen MR) is 85.2 cm³/mol. The van der Waals surface area contributed by atoms with E-state index < -0.39 is 9.84 Å². The van der Waals surface area contributed by atoms with E-state index in [1.807, 2.05) is 0 Å². The van der Waals surface area contributed by atoms with Crippen molar-refractivity contribution in [3.8, 4) is 0 Å². The highest BCUT2D eigenvalue weighted by molar-refractivity contribution is 7.90. The van der Waals surface area contributed by atoms with E-state index in [9.17, 15) is 13.2 Å². The van der Waals surface area contributed by atoms with Crippen LogP contribution in [0, 0.1) is 5.92 Å². The third-order valence-electron chi connectivity index (χ3n) is 3.62. The number of benzene rings is 1. The smallest absolute Gasteiger partial charge is 0.251 e. The van der Waals surface area contributed by atoms with E-state index >= 15 is 0 Å². The van der Waals surface area contributed by atoms with Gasteiger partial charge in [-0.3, -0.25) is 4.79 Å². The van der Waals surface area contributed by atoms with Crippen molar-refractivity contribution >= 4 is 15.7 Å². The summed E-state index contributed by atoms with van der Waals surface area (Å²) in [6.45, 7) is 4.91. The average molecular weight is 311 g/mol. The standard InChI is InChI=1S/C16H25NO3S/c1-4-6-8-13(5-2)12-17-16(18)14-9-7-10-15(11-14)21(3,19)20/h7,9-11,13H,4-6,8,12H2,1-3H3,(H,17,18)/t13-/m1/s1. The molecule has 0 saturated heterocycles. The molecule has 21 heavy (non-hydrogen) atoms. The number of carbonyl (C=O) groups excluding carboxylic acids is 1. The number of rotatable bonds is 8. The Hall–Kier alpha value is -1.36. The molecule has 0 bridgehead atoms. The fourth-order valence-corrected chi connectivity index (χ4v) is 2.82. The van der Waals surface area contributed by atoms with E-state index in [0.717, 1.165) is 31.9 Å². The van der Waals surface area contributed by atoms with Crippen LogP contribution in [0.15, 0.2) is 29.2 Å². The molecule has 0 heterocycles. The molecule has 0 saturated carbocycles. The summed E-state index contributed by atoms with van der Waals surface area (Å²) in [5.74, 6) is 0.266. The maximum atomic E-state index is 12.1.